The molecule has 0 spiro atoms. The molecule has 4 rings (SSSR count). The zero-order chi connectivity index (χ0) is 22.7. The zero-order valence-corrected chi connectivity index (χ0v) is 18.4. The fourth-order valence-electron chi connectivity index (χ4n) is 3.44. The molecule has 0 radical (unpaired) electrons. The van der Waals surface area contributed by atoms with Gasteiger partial charge in [-0.15, -0.1) is 0 Å². The first-order chi connectivity index (χ1) is 15.5. The van der Waals surface area contributed by atoms with Gasteiger partial charge in [-0.05, 0) is 66.4 Å². The number of rotatable bonds is 8. The van der Waals surface area contributed by atoms with Gasteiger partial charge in [0, 0.05) is 18.8 Å². The molecule has 0 bridgehead atoms. The maximum absolute atomic E-state index is 12.4. The first-order valence-electron chi connectivity index (χ1n) is 10.1. The maximum atomic E-state index is 12.4. The van der Waals surface area contributed by atoms with Crippen molar-refractivity contribution in [2.45, 2.75) is 20.2 Å². The van der Waals surface area contributed by atoms with Crippen LogP contribution >= 0.6 is 0 Å². The van der Waals surface area contributed by atoms with Crippen molar-refractivity contribution in [1.29, 1.82) is 0 Å². The molecule has 10 heteroatoms. The number of methoxy groups -OCH3 is 1. The second-order valence-corrected chi connectivity index (χ2v) is 7.28. The van der Waals surface area contributed by atoms with Gasteiger partial charge >= 0.3 is 5.69 Å². The smallest absolute Gasteiger partial charge is 0.368 e. The molecule has 0 saturated carbocycles. The topological polar surface area (TPSA) is 101 Å². The van der Waals surface area contributed by atoms with Gasteiger partial charge in [0.1, 0.15) is 18.1 Å². The molecule has 10 nitrogen and oxygen atoms in total. The van der Waals surface area contributed by atoms with Crippen LogP contribution in [0.2, 0.25) is 0 Å². The van der Waals surface area contributed by atoms with Crippen molar-refractivity contribution in [1.82, 2.24) is 34.9 Å². The summed E-state index contributed by atoms with van der Waals surface area (Å²) in [5, 5.41) is 15.4. The first kappa shape index (κ1) is 21.3. The molecule has 0 atom stereocenters. The molecule has 0 aliphatic carbocycles. The highest BCUT2D eigenvalue weighted by atomic mass is 16.5. The number of hydrogen-bond donors (Lipinski definition) is 1. The molecule has 0 amide bonds. The van der Waals surface area contributed by atoms with Gasteiger partial charge in [0.15, 0.2) is 0 Å². The Morgan fingerprint density at radius 3 is 2.62 bits per heavy atom. The fraction of sp³-hybridized carbons (Fsp3) is 0.273. The summed E-state index contributed by atoms with van der Waals surface area (Å²) >= 11 is 0. The van der Waals surface area contributed by atoms with E-state index < -0.39 is 0 Å². The highest BCUT2D eigenvalue weighted by Gasteiger charge is 2.16. The maximum Gasteiger partial charge on any atom is 0.368 e. The number of tetrazole rings is 1. The van der Waals surface area contributed by atoms with E-state index in [-0.39, 0.29) is 12.3 Å². The number of nitrogens with zero attached hydrogens (tertiary/aromatic N) is 6. The number of ether oxygens (including phenoxy) is 2. The molecule has 2 aromatic heterocycles. The van der Waals surface area contributed by atoms with Crippen LogP contribution in [-0.2, 0) is 20.3 Å². The quantitative estimate of drug-likeness (QED) is 0.451. The third kappa shape index (κ3) is 4.12. The summed E-state index contributed by atoms with van der Waals surface area (Å²) in [4.78, 5) is 12.4. The molecule has 166 valence electrons. The van der Waals surface area contributed by atoms with Gasteiger partial charge in [0.05, 0.1) is 30.7 Å². The predicted octanol–water partition coefficient (Wildman–Crippen LogP) is 1.90. The summed E-state index contributed by atoms with van der Waals surface area (Å²) in [5.41, 5.74) is 3.79. The molecule has 0 fully saturated rings. The van der Waals surface area contributed by atoms with Gasteiger partial charge < -0.3 is 14.8 Å². The fourth-order valence-corrected chi connectivity index (χ4v) is 3.44. The summed E-state index contributed by atoms with van der Waals surface area (Å²) in [6.07, 6.45) is 1.93. The Balaban J connectivity index is 1.60. The van der Waals surface area contributed by atoms with Crippen LogP contribution in [0.3, 0.4) is 0 Å². The van der Waals surface area contributed by atoms with Crippen LogP contribution < -0.4 is 20.5 Å². The predicted molar refractivity (Wildman–Crippen MR) is 119 cm³/mol. The van der Waals surface area contributed by atoms with Gasteiger partial charge in [-0.1, -0.05) is 6.07 Å². The average Bonchev–Trinajstić information content (AvgIpc) is 3.40. The van der Waals surface area contributed by atoms with Crippen LogP contribution in [0, 0.1) is 6.92 Å². The minimum atomic E-state index is -0.349. The Hall–Kier alpha value is -3.92. The van der Waals surface area contributed by atoms with Crippen molar-refractivity contribution in [2.24, 2.45) is 7.05 Å². The van der Waals surface area contributed by atoms with E-state index in [0.29, 0.717) is 23.7 Å². The van der Waals surface area contributed by atoms with E-state index >= 15 is 0 Å². The second kappa shape index (κ2) is 9.06. The number of aryl methyl sites for hydroxylation is 2. The van der Waals surface area contributed by atoms with E-state index in [4.69, 9.17) is 9.47 Å². The molecule has 2 heterocycles. The lowest BCUT2D eigenvalue weighted by atomic mass is 10.1. The Labute approximate surface area is 185 Å². The van der Waals surface area contributed by atoms with E-state index in [2.05, 4.69) is 20.8 Å². The Kier molecular flexibility index (Phi) is 6.04. The van der Waals surface area contributed by atoms with Crippen molar-refractivity contribution < 1.29 is 9.47 Å². The minimum Gasteiger partial charge on any atom is -0.496 e. The molecule has 2 aromatic carbocycles. The van der Waals surface area contributed by atoms with Crippen LogP contribution in [0.4, 0.5) is 0 Å². The summed E-state index contributed by atoms with van der Waals surface area (Å²) in [6.45, 7) is 2.83. The third-order valence-corrected chi connectivity index (χ3v) is 5.08. The van der Waals surface area contributed by atoms with E-state index in [0.717, 1.165) is 22.6 Å². The number of hydrogen-bond acceptors (Lipinski definition) is 7. The van der Waals surface area contributed by atoms with Crippen molar-refractivity contribution in [3.63, 3.8) is 0 Å². The van der Waals surface area contributed by atoms with Crippen LogP contribution in [0.25, 0.3) is 16.9 Å². The standard InChI is InChI=1S/C22H25N7O3/c1-15-12-16(18-10-11-28(24-18)14-23-2)8-9-20(15)32-13-17-19(6-5-7-21(17)31-4)29-22(30)27(3)25-26-29/h5-12,23H,13-14H2,1-4H3. The molecule has 0 aliphatic rings. The third-order valence-electron chi connectivity index (χ3n) is 5.08. The van der Waals surface area contributed by atoms with Gasteiger partial charge in [0.25, 0.3) is 0 Å². The van der Waals surface area contributed by atoms with Gasteiger partial charge in [-0.2, -0.15) is 14.5 Å². The van der Waals surface area contributed by atoms with Crippen molar-refractivity contribution >= 4 is 0 Å². The van der Waals surface area contributed by atoms with Crippen molar-refractivity contribution in [2.75, 3.05) is 14.2 Å². The number of benzene rings is 2. The monoisotopic (exact) mass is 435 g/mol. The SMILES string of the molecule is CNCn1ccc(-c2ccc(OCc3c(OC)cccc3-n3nnn(C)c3=O)c(C)c2)n1. The highest BCUT2D eigenvalue weighted by Crippen LogP contribution is 2.29. The molecule has 1 N–H and O–H groups in total. The first-order valence-corrected chi connectivity index (χ1v) is 10.1. The minimum absolute atomic E-state index is 0.194. The van der Waals surface area contributed by atoms with Crippen molar-refractivity contribution in [3.05, 3.63) is 70.3 Å². The molecule has 0 aliphatic heterocycles. The summed E-state index contributed by atoms with van der Waals surface area (Å²) in [6, 6.07) is 13.3. The van der Waals surface area contributed by atoms with Crippen LogP contribution in [0.15, 0.2) is 53.5 Å². The van der Waals surface area contributed by atoms with E-state index in [9.17, 15) is 4.79 Å². The largest absolute Gasteiger partial charge is 0.496 e. The van der Waals surface area contributed by atoms with Crippen LogP contribution in [0.1, 0.15) is 11.1 Å². The number of aromatic nitrogens is 6. The number of nitrogens with one attached hydrogen (secondary N) is 1. The van der Waals surface area contributed by atoms with Gasteiger partial charge in [0.2, 0.25) is 0 Å². The Bertz CT molecular complexity index is 1290. The summed E-state index contributed by atoms with van der Waals surface area (Å²) in [7, 11) is 5.01. The summed E-state index contributed by atoms with van der Waals surface area (Å²) < 4.78 is 15.9. The normalized spacial score (nSPS) is 11.0. The highest BCUT2D eigenvalue weighted by molar-refractivity contribution is 5.61. The lowest BCUT2D eigenvalue weighted by Crippen LogP contribution is -2.23. The van der Waals surface area contributed by atoms with Gasteiger partial charge in [-0.25, -0.2) is 4.79 Å². The Morgan fingerprint density at radius 1 is 1.09 bits per heavy atom. The molecule has 4 aromatic rings. The molecule has 32 heavy (non-hydrogen) atoms. The zero-order valence-electron chi connectivity index (χ0n) is 18.4. The molecule has 0 unspecified atom stereocenters. The van der Waals surface area contributed by atoms with E-state index in [1.807, 2.05) is 55.2 Å². The molecular weight excluding hydrogens is 410 g/mol. The Morgan fingerprint density at radius 2 is 1.94 bits per heavy atom. The molecule has 0 saturated heterocycles. The summed E-state index contributed by atoms with van der Waals surface area (Å²) in [5.74, 6) is 1.33. The van der Waals surface area contributed by atoms with Crippen molar-refractivity contribution in [3.8, 4) is 28.4 Å². The second-order valence-electron chi connectivity index (χ2n) is 7.28. The van der Waals surface area contributed by atoms with E-state index in [1.165, 1.54) is 9.36 Å². The van der Waals surface area contributed by atoms with E-state index in [1.54, 1.807) is 26.3 Å². The average molecular weight is 435 g/mol. The van der Waals surface area contributed by atoms with Crippen LogP contribution in [-0.4, -0.2) is 43.7 Å². The van der Waals surface area contributed by atoms with Crippen LogP contribution in [0.5, 0.6) is 11.5 Å². The lowest BCUT2D eigenvalue weighted by Gasteiger charge is -2.15. The lowest BCUT2D eigenvalue weighted by molar-refractivity contribution is 0.294. The van der Waals surface area contributed by atoms with Gasteiger partial charge in [-0.3, -0.25) is 4.68 Å². The molecular formula is C22H25N7O3.